The molecule has 1 aliphatic rings. The van der Waals surface area contributed by atoms with Crippen LogP contribution in [0, 0.1) is 11.3 Å². The molecule has 1 saturated carbocycles. The van der Waals surface area contributed by atoms with Gasteiger partial charge >= 0.3 is 0 Å². The maximum atomic E-state index is 6.84. The number of aliphatic imine (C=N–C) groups is 1. The summed E-state index contributed by atoms with van der Waals surface area (Å²) < 4.78 is 0. The minimum Gasteiger partial charge on any atom is -0.242 e. The zero-order chi connectivity index (χ0) is 8.32. The van der Waals surface area contributed by atoms with Crippen LogP contribution in [0.15, 0.2) is 4.99 Å². The van der Waals surface area contributed by atoms with E-state index in [2.05, 4.69) is 24.8 Å². The SMILES string of the molecule is CC1CCCCC1(C)N=C=N. The summed E-state index contributed by atoms with van der Waals surface area (Å²) in [5.74, 6) is 0.620. The Labute approximate surface area is 68.2 Å². The Morgan fingerprint density at radius 3 is 2.82 bits per heavy atom. The quantitative estimate of drug-likeness (QED) is 0.561. The third-order valence-corrected chi connectivity index (χ3v) is 2.94. The summed E-state index contributed by atoms with van der Waals surface area (Å²) >= 11 is 0. The van der Waals surface area contributed by atoms with Gasteiger partial charge in [0.05, 0.1) is 11.5 Å². The van der Waals surface area contributed by atoms with Crippen molar-refractivity contribution in [1.82, 2.24) is 0 Å². The molecule has 0 aromatic heterocycles. The number of nitrogens with zero attached hydrogens (tertiary/aromatic N) is 1. The molecule has 0 aliphatic heterocycles. The number of hydrogen-bond acceptors (Lipinski definition) is 2. The maximum Gasteiger partial charge on any atom is 0.0867 e. The summed E-state index contributed by atoms with van der Waals surface area (Å²) in [6.07, 6.45) is 4.96. The van der Waals surface area contributed by atoms with E-state index in [1.165, 1.54) is 19.3 Å². The summed E-state index contributed by atoms with van der Waals surface area (Å²) in [7, 11) is 0. The minimum atomic E-state index is 0.0139. The Bertz CT molecular complexity index is 182. The van der Waals surface area contributed by atoms with E-state index in [1.807, 2.05) is 0 Å². The molecule has 1 aliphatic carbocycles. The lowest BCUT2D eigenvalue weighted by Gasteiger charge is -2.34. The molecule has 0 spiro atoms. The van der Waals surface area contributed by atoms with E-state index >= 15 is 0 Å². The van der Waals surface area contributed by atoms with Crippen LogP contribution < -0.4 is 0 Å². The van der Waals surface area contributed by atoms with Crippen LogP contribution in [0.4, 0.5) is 0 Å². The van der Waals surface area contributed by atoms with Gasteiger partial charge in [-0.25, -0.2) is 10.4 Å². The summed E-state index contributed by atoms with van der Waals surface area (Å²) in [5, 5.41) is 6.84. The Hall–Kier alpha value is -0.620. The zero-order valence-corrected chi connectivity index (χ0v) is 7.35. The predicted octanol–water partition coefficient (Wildman–Crippen LogP) is 2.71. The van der Waals surface area contributed by atoms with E-state index < -0.39 is 0 Å². The summed E-state index contributed by atoms with van der Waals surface area (Å²) in [5.41, 5.74) is 0.0139. The van der Waals surface area contributed by atoms with Crippen molar-refractivity contribution < 1.29 is 0 Å². The van der Waals surface area contributed by atoms with Gasteiger partial charge < -0.3 is 0 Å². The van der Waals surface area contributed by atoms with E-state index in [0.29, 0.717) is 5.92 Å². The second-order valence-corrected chi connectivity index (χ2v) is 3.73. The fourth-order valence-electron chi connectivity index (χ4n) is 1.78. The molecular formula is C9H16N2. The Morgan fingerprint density at radius 2 is 2.27 bits per heavy atom. The molecular weight excluding hydrogens is 136 g/mol. The molecule has 0 heterocycles. The third-order valence-electron chi connectivity index (χ3n) is 2.94. The molecule has 2 unspecified atom stereocenters. The smallest absolute Gasteiger partial charge is 0.0867 e. The van der Waals surface area contributed by atoms with E-state index in [9.17, 15) is 0 Å². The highest BCUT2D eigenvalue weighted by Crippen LogP contribution is 2.35. The second kappa shape index (κ2) is 3.19. The van der Waals surface area contributed by atoms with Crippen molar-refractivity contribution in [2.24, 2.45) is 10.9 Å². The van der Waals surface area contributed by atoms with Crippen LogP contribution in [0.1, 0.15) is 39.5 Å². The summed E-state index contributed by atoms with van der Waals surface area (Å²) in [4.78, 5) is 4.11. The van der Waals surface area contributed by atoms with E-state index in [4.69, 9.17) is 5.41 Å². The van der Waals surface area contributed by atoms with Gasteiger partial charge in [-0.15, -0.1) is 0 Å². The molecule has 0 aromatic rings. The molecule has 1 N–H and O–H groups in total. The van der Waals surface area contributed by atoms with Gasteiger partial charge in [0.15, 0.2) is 0 Å². The van der Waals surface area contributed by atoms with Crippen LogP contribution in [0.25, 0.3) is 0 Å². The summed E-state index contributed by atoms with van der Waals surface area (Å²) in [6.45, 7) is 4.36. The first-order valence-corrected chi connectivity index (χ1v) is 4.33. The van der Waals surface area contributed by atoms with E-state index in [-0.39, 0.29) is 5.54 Å². The van der Waals surface area contributed by atoms with Gasteiger partial charge in [-0.1, -0.05) is 19.8 Å². The Morgan fingerprint density at radius 1 is 1.55 bits per heavy atom. The molecule has 0 bridgehead atoms. The van der Waals surface area contributed by atoms with Crippen LogP contribution in [-0.2, 0) is 0 Å². The zero-order valence-electron chi connectivity index (χ0n) is 7.35. The molecule has 11 heavy (non-hydrogen) atoms. The molecule has 62 valence electrons. The van der Waals surface area contributed by atoms with Crippen LogP contribution in [-0.4, -0.2) is 11.5 Å². The van der Waals surface area contributed by atoms with Crippen LogP contribution in [0.5, 0.6) is 0 Å². The standard InChI is InChI=1S/C9H16N2/c1-8-5-3-4-6-9(8,2)11-7-10/h8,10H,3-6H2,1-2H3. The monoisotopic (exact) mass is 152 g/mol. The van der Waals surface area contributed by atoms with Gasteiger partial charge in [0.1, 0.15) is 0 Å². The van der Waals surface area contributed by atoms with Crippen LogP contribution in [0.3, 0.4) is 0 Å². The highest BCUT2D eigenvalue weighted by molar-refractivity contribution is 5.37. The lowest BCUT2D eigenvalue weighted by molar-refractivity contribution is 0.230. The Kier molecular flexibility index (Phi) is 2.45. The van der Waals surface area contributed by atoms with Crippen molar-refractivity contribution >= 4 is 6.01 Å². The number of nitrogens with one attached hydrogen (secondary N) is 1. The van der Waals surface area contributed by atoms with Gasteiger partial charge in [0.2, 0.25) is 0 Å². The lowest BCUT2D eigenvalue weighted by Crippen LogP contribution is -2.33. The predicted molar refractivity (Wildman–Crippen MR) is 46.2 cm³/mol. The molecule has 1 rings (SSSR count). The molecule has 1 fully saturated rings. The normalized spacial score (nSPS) is 37.8. The van der Waals surface area contributed by atoms with Gasteiger partial charge in [0.25, 0.3) is 0 Å². The van der Waals surface area contributed by atoms with Gasteiger partial charge in [-0.2, -0.15) is 0 Å². The Balaban J connectivity index is 2.72. The molecule has 0 aromatic carbocycles. The molecule has 2 atom stereocenters. The van der Waals surface area contributed by atoms with Crippen molar-refractivity contribution in [3.8, 4) is 0 Å². The van der Waals surface area contributed by atoms with Crippen LogP contribution >= 0.6 is 0 Å². The molecule has 0 amide bonds. The van der Waals surface area contributed by atoms with E-state index in [1.54, 1.807) is 0 Å². The van der Waals surface area contributed by atoms with Crippen LogP contribution in [0.2, 0.25) is 0 Å². The van der Waals surface area contributed by atoms with Crippen molar-refractivity contribution in [3.63, 3.8) is 0 Å². The summed E-state index contributed by atoms with van der Waals surface area (Å²) in [6, 6.07) is 2.18. The number of rotatable bonds is 1. The first-order valence-electron chi connectivity index (χ1n) is 4.33. The second-order valence-electron chi connectivity index (χ2n) is 3.73. The lowest BCUT2D eigenvalue weighted by atomic mass is 9.75. The van der Waals surface area contributed by atoms with Crippen molar-refractivity contribution in [1.29, 1.82) is 5.41 Å². The first-order chi connectivity index (χ1) is 5.19. The van der Waals surface area contributed by atoms with Crippen molar-refractivity contribution in [3.05, 3.63) is 0 Å². The highest BCUT2D eigenvalue weighted by atomic mass is 14.9. The first kappa shape index (κ1) is 8.48. The minimum absolute atomic E-state index is 0.0139. The van der Waals surface area contributed by atoms with Crippen molar-refractivity contribution in [2.45, 2.75) is 45.1 Å². The fourth-order valence-corrected chi connectivity index (χ4v) is 1.78. The molecule has 2 heteroatoms. The average Bonchev–Trinajstić information content (AvgIpc) is 1.96. The van der Waals surface area contributed by atoms with Gasteiger partial charge in [-0.3, -0.25) is 0 Å². The maximum absolute atomic E-state index is 6.84. The topological polar surface area (TPSA) is 36.2 Å². The van der Waals surface area contributed by atoms with Gasteiger partial charge in [0, 0.05) is 0 Å². The largest absolute Gasteiger partial charge is 0.242 e. The molecule has 0 saturated heterocycles. The number of hydrogen-bond donors (Lipinski definition) is 1. The average molecular weight is 152 g/mol. The third kappa shape index (κ3) is 1.69. The highest BCUT2D eigenvalue weighted by Gasteiger charge is 2.32. The van der Waals surface area contributed by atoms with Gasteiger partial charge in [-0.05, 0) is 25.7 Å². The molecule has 0 radical (unpaired) electrons. The fraction of sp³-hybridized carbons (Fsp3) is 0.889. The molecule has 2 nitrogen and oxygen atoms in total. The van der Waals surface area contributed by atoms with Crippen molar-refractivity contribution in [2.75, 3.05) is 0 Å². The van der Waals surface area contributed by atoms with E-state index in [0.717, 1.165) is 6.42 Å².